The topological polar surface area (TPSA) is 77.3 Å². The second kappa shape index (κ2) is 7.15. The van der Waals surface area contributed by atoms with E-state index in [1.807, 2.05) is 53.7 Å². The summed E-state index contributed by atoms with van der Waals surface area (Å²) in [6, 6.07) is 9.09. The molecule has 0 radical (unpaired) electrons. The molecule has 31 heavy (non-hydrogen) atoms. The van der Waals surface area contributed by atoms with Gasteiger partial charge in [0.1, 0.15) is 5.75 Å². The lowest BCUT2D eigenvalue weighted by atomic mass is 9.78. The van der Waals surface area contributed by atoms with Gasteiger partial charge < -0.3 is 19.3 Å². The molecule has 162 valence electrons. The summed E-state index contributed by atoms with van der Waals surface area (Å²) in [7, 11) is 0. The maximum Gasteiger partial charge on any atom is 0.363 e. The highest BCUT2D eigenvalue weighted by Gasteiger charge is 2.29. The van der Waals surface area contributed by atoms with Crippen LogP contribution in [0.1, 0.15) is 63.8 Å². The zero-order chi connectivity index (χ0) is 22.6. The quantitative estimate of drug-likeness (QED) is 0.542. The minimum Gasteiger partial charge on any atom is -0.507 e. The van der Waals surface area contributed by atoms with Crippen LogP contribution in [0.5, 0.6) is 17.2 Å². The van der Waals surface area contributed by atoms with Crippen molar-refractivity contribution < 1.29 is 24.1 Å². The molecule has 2 aromatic rings. The first kappa shape index (κ1) is 21.0. The first-order chi connectivity index (χ1) is 14.4. The smallest absolute Gasteiger partial charge is 0.363 e. The van der Waals surface area contributed by atoms with Crippen LogP contribution in [-0.4, -0.2) is 23.8 Å². The third-order valence-electron chi connectivity index (χ3n) is 5.29. The van der Waals surface area contributed by atoms with Crippen LogP contribution in [0.15, 0.2) is 41.0 Å². The molecule has 6 nitrogen and oxygen atoms in total. The van der Waals surface area contributed by atoms with E-state index in [9.17, 15) is 9.90 Å². The van der Waals surface area contributed by atoms with Crippen molar-refractivity contribution in [2.75, 3.05) is 6.79 Å². The van der Waals surface area contributed by atoms with Crippen LogP contribution >= 0.6 is 0 Å². The van der Waals surface area contributed by atoms with Crippen LogP contribution in [0.2, 0.25) is 0 Å². The van der Waals surface area contributed by atoms with Gasteiger partial charge in [-0.15, -0.1) is 0 Å². The van der Waals surface area contributed by atoms with Crippen molar-refractivity contribution in [1.29, 1.82) is 0 Å². The number of nitrogens with zero attached hydrogens (tertiary/aromatic N) is 1. The largest absolute Gasteiger partial charge is 0.507 e. The summed E-state index contributed by atoms with van der Waals surface area (Å²) in [5.41, 5.74) is 2.73. The van der Waals surface area contributed by atoms with Gasteiger partial charge in [0, 0.05) is 16.7 Å². The zero-order valence-corrected chi connectivity index (χ0v) is 18.7. The molecule has 0 atom stereocenters. The molecule has 0 saturated heterocycles. The molecule has 2 aliphatic heterocycles. The lowest BCUT2D eigenvalue weighted by Crippen LogP contribution is -2.17. The molecule has 1 N–H and O–H groups in total. The summed E-state index contributed by atoms with van der Waals surface area (Å²) >= 11 is 0. The molecule has 6 heteroatoms. The summed E-state index contributed by atoms with van der Waals surface area (Å²) in [4.78, 5) is 16.9. The molecule has 4 rings (SSSR count). The van der Waals surface area contributed by atoms with E-state index in [4.69, 9.17) is 14.2 Å². The van der Waals surface area contributed by atoms with Gasteiger partial charge in [0.2, 0.25) is 12.7 Å². The van der Waals surface area contributed by atoms with Crippen molar-refractivity contribution in [3.8, 4) is 17.2 Å². The molecule has 0 spiro atoms. The average Bonchev–Trinajstić information content (AvgIpc) is 3.27. The molecule has 0 fully saturated rings. The Morgan fingerprint density at radius 2 is 1.55 bits per heavy atom. The summed E-state index contributed by atoms with van der Waals surface area (Å²) < 4.78 is 16.1. The van der Waals surface area contributed by atoms with Gasteiger partial charge in [0.05, 0.1) is 0 Å². The third-order valence-corrected chi connectivity index (χ3v) is 5.29. The molecular formula is C25H27NO5. The maximum atomic E-state index is 12.5. The fourth-order valence-electron chi connectivity index (χ4n) is 3.60. The molecule has 2 aliphatic rings. The SMILES string of the molecule is CC(C)(C)c1cc(/C=C2\N=C(c3ccc4c(c3)OCO4)OC2=O)cc(C(C)(C)C)c1O. The van der Waals surface area contributed by atoms with Gasteiger partial charge >= 0.3 is 5.97 Å². The van der Waals surface area contributed by atoms with E-state index in [0.717, 1.165) is 16.7 Å². The van der Waals surface area contributed by atoms with E-state index in [0.29, 0.717) is 22.8 Å². The van der Waals surface area contributed by atoms with E-state index < -0.39 is 5.97 Å². The van der Waals surface area contributed by atoms with Gasteiger partial charge in [-0.2, -0.15) is 0 Å². The lowest BCUT2D eigenvalue weighted by molar-refractivity contribution is -0.129. The predicted octanol–water partition coefficient (Wildman–Crippen LogP) is 5.06. The number of rotatable bonds is 2. The monoisotopic (exact) mass is 421 g/mol. The standard InChI is InChI=1S/C25H27NO5/c1-24(2,3)16-9-14(10-17(21(16)27)25(4,5)6)11-18-23(28)31-22(26-18)15-7-8-19-20(12-15)30-13-29-19/h7-12,27H,13H2,1-6H3/b18-11-. The van der Waals surface area contributed by atoms with Crippen molar-refractivity contribution in [1.82, 2.24) is 0 Å². The van der Waals surface area contributed by atoms with Crippen molar-refractivity contribution in [3.05, 3.63) is 58.3 Å². The normalized spacial score (nSPS) is 17.2. The van der Waals surface area contributed by atoms with Gasteiger partial charge in [0.25, 0.3) is 0 Å². The second-order valence-corrected chi connectivity index (χ2v) is 9.87. The fraction of sp³-hybridized carbons (Fsp3) is 0.360. The summed E-state index contributed by atoms with van der Waals surface area (Å²) in [6.45, 7) is 12.5. The summed E-state index contributed by atoms with van der Waals surface area (Å²) in [5.74, 6) is 1.24. The van der Waals surface area contributed by atoms with Gasteiger partial charge in [0.15, 0.2) is 17.2 Å². The van der Waals surface area contributed by atoms with E-state index in [1.54, 1.807) is 24.3 Å². The average molecular weight is 421 g/mol. The van der Waals surface area contributed by atoms with E-state index in [1.165, 1.54) is 0 Å². The van der Waals surface area contributed by atoms with Gasteiger partial charge in [-0.25, -0.2) is 9.79 Å². The number of aromatic hydroxyl groups is 1. The number of benzene rings is 2. The van der Waals surface area contributed by atoms with Crippen molar-refractivity contribution in [2.45, 2.75) is 52.4 Å². The number of phenolic OH excluding ortho intramolecular Hbond substituents is 1. The fourth-order valence-corrected chi connectivity index (χ4v) is 3.60. The Kier molecular flexibility index (Phi) is 4.84. The highest BCUT2D eigenvalue weighted by atomic mass is 16.7. The maximum absolute atomic E-state index is 12.5. The van der Waals surface area contributed by atoms with Crippen LogP contribution in [-0.2, 0) is 20.4 Å². The highest BCUT2D eigenvalue weighted by molar-refractivity contribution is 6.13. The number of cyclic esters (lactones) is 1. The molecular weight excluding hydrogens is 394 g/mol. The Labute approximate surface area is 182 Å². The number of aliphatic imine (C=N–C) groups is 1. The Hall–Kier alpha value is -3.28. The molecule has 2 heterocycles. The number of phenols is 1. The summed E-state index contributed by atoms with van der Waals surface area (Å²) in [5, 5.41) is 10.9. The number of esters is 1. The molecule has 0 aliphatic carbocycles. The van der Waals surface area contributed by atoms with Gasteiger partial charge in [-0.3, -0.25) is 0 Å². The summed E-state index contributed by atoms with van der Waals surface area (Å²) in [6.07, 6.45) is 1.70. The Bertz CT molecular complexity index is 1090. The van der Waals surface area contributed by atoms with Crippen LogP contribution in [0, 0.1) is 0 Å². The second-order valence-electron chi connectivity index (χ2n) is 9.87. The van der Waals surface area contributed by atoms with Crippen LogP contribution in [0.3, 0.4) is 0 Å². The van der Waals surface area contributed by atoms with E-state index in [2.05, 4.69) is 4.99 Å². The highest BCUT2D eigenvalue weighted by Crippen LogP contribution is 2.40. The molecule has 0 unspecified atom stereocenters. The number of ether oxygens (including phenoxy) is 3. The zero-order valence-electron chi connectivity index (χ0n) is 18.7. The minimum atomic E-state index is -0.518. The first-order valence-electron chi connectivity index (χ1n) is 10.2. The predicted molar refractivity (Wildman–Crippen MR) is 119 cm³/mol. The first-order valence-corrected chi connectivity index (χ1v) is 10.2. The van der Waals surface area contributed by atoms with Gasteiger partial charge in [-0.1, -0.05) is 41.5 Å². The Morgan fingerprint density at radius 3 is 2.16 bits per heavy atom. The number of carbonyl (C=O) groups is 1. The van der Waals surface area contributed by atoms with Crippen LogP contribution < -0.4 is 9.47 Å². The van der Waals surface area contributed by atoms with E-state index in [-0.39, 0.29) is 29.2 Å². The molecule has 0 bridgehead atoms. The third kappa shape index (κ3) is 4.02. The van der Waals surface area contributed by atoms with Crippen LogP contribution in [0.25, 0.3) is 6.08 Å². The number of fused-ring (bicyclic) bond motifs is 1. The minimum absolute atomic E-state index is 0.170. The van der Waals surface area contributed by atoms with E-state index >= 15 is 0 Å². The molecule has 0 saturated carbocycles. The number of carbonyl (C=O) groups excluding carboxylic acids is 1. The van der Waals surface area contributed by atoms with Crippen molar-refractivity contribution in [2.24, 2.45) is 4.99 Å². The number of hydrogen-bond acceptors (Lipinski definition) is 6. The van der Waals surface area contributed by atoms with Crippen molar-refractivity contribution in [3.63, 3.8) is 0 Å². The van der Waals surface area contributed by atoms with Gasteiger partial charge in [-0.05, 0) is 52.8 Å². The molecule has 2 aromatic carbocycles. The molecule has 0 amide bonds. The molecule has 0 aromatic heterocycles. The lowest BCUT2D eigenvalue weighted by Gasteiger charge is -2.27. The Morgan fingerprint density at radius 1 is 0.935 bits per heavy atom. The van der Waals surface area contributed by atoms with Crippen LogP contribution in [0.4, 0.5) is 0 Å². The Balaban J connectivity index is 1.76. The number of hydrogen-bond donors (Lipinski definition) is 1. The van der Waals surface area contributed by atoms with Crippen molar-refractivity contribution >= 4 is 17.9 Å².